The molecule has 0 amide bonds. The largest absolute Gasteiger partial charge is 0.465 e. The minimum atomic E-state index is 0.113. The van der Waals surface area contributed by atoms with Crippen LogP contribution in [0.1, 0.15) is 124 Å². The molecule has 0 aromatic carbocycles. The van der Waals surface area contributed by atoms with Gasteiger partial charge in [0.1, 0.15) is 0 Å². The summed E-state index contributed by atoms with van der Waals surface area (Å²) in [6.07, 6.45) is 18.9. The fourth-order valence-electron chi connectivity index (χ4n) is 4.46. The molecule has 0 aliphatic heterocycles. The average molecular weight is 381 g/mol. The molecule has 0 N–H and O–H groups in total. The Bertz CT molecular complexity index is 361. The van der Waals surface area contributed by atoms with E-state index in [9.17, 15) is 4.79 Å². The number of rotatable bonds is 15. The third-order valence-corrected chi connectivity index (χ3v) is 6.24. The summed E-state index contributed by atoms with van der Waals surface area (Å²) in [7, 11) is 0. The molecular weight excluding hydrogens is 332 g/mol. The summed E-state index contributed by atoms with van der Waals surface area (Å²) in [6, 6.07) is 0. The number of hydrogen-bond acceptors (Lipinski definition) is 2. The Morgan fingerprint density at radius 2 is 1.33 bits per heavy atom. The van der Waals surface area contributed by atoms with Crippen LogP contribution in [-0.2, 0) is 9.53 Å². The maximum absolute atomic E-state index is 12.6. The van der Waals surface area contributed by atoms with Crippen LogP contribution in [0.25, 0.3) is 0 Å². The van der Waals surface area contributed by atoms with Gasteiger partial charge in [-0.25, -0.2) is 0 Å². The number of hydrogen-bond donors (Lipinski definition) is 0. The van der Waals surface area contributed by atoms with Gasteiger partial charge in [0.05, 0.1) is 12.5 Å². The highest BCUT2D eigenvalue weighted by Gasteiger charge is 2.31. The lowest BCUT2D eigenvalue weighted by atomic mass is 9.76. The number of esters is 1. The Balaban J connectivity index is 2.14. The van der Waals surface area contributed by atoms with E-state index in [2.05, 4.69) is 27.7 Å². The van der Waals surface area contributed by atoms with Gasteiger partial charge in [0.25, 0.3) is 0 Å². The number of carbonyl (C=O) groups excluding carboxylic acids is 1. The minimum Gasteiger partial charge on any atom is -0.465 e. The van der Waals surface area contributed by atoms with E-state index < -0.39 is 0 Å². The molecule has 2 atom stereocenters. The first-order valence-electron chi connectivity index (χ1n) is 12.2. The summed E-state index contributed by atoms with van der Waals surface area (Å²) in [6.45, 7) is 9.83. The monoisotopic (exact) mass is 380 g/mol. The summed E-state index contributed by atoms with van der Waals surface area (Å²) in [5.41, 5.74) is 0. The SMILES string of the molecule is CC(C)CCCCCCOC(=O)C1CCCCC1CCCCCCC(C)C. The van der Waals surface area contributed by atoms with E-state index in [0.29, 0.717) is 12.5 Å². The van der Waals surface area contributed by atoms with Crippen molar-refractivity contribution in [1.82, 2.24) is 0 Å². The standard InChI is InChI=1S/C25H48O2/c1-21(2)15-9-5-6-11-17-23-18-12-13-19-24(23)25(26)27-20-14-8-7-10-16-22(3)4/h21-24H,5-20H2,1-4H3. The van der Waals surface area contributed by atoms with E-state index in [0.717, 1.165) is 24.7 Å². The van der Waals surface area contributed by atoms with E-state index in [-0.39, 0.29) is 11.9 Å². The van der Waals surface area contributed by atoms with Crippen LogP contribution in [0, 0.1) is 23.7 Å². The van der Waals surface area contributed by atoms with Crippen molar-refractivity contribution in [3.05, 3.63) is 0 Å². The molecule has 0 saturated heterocycles. The second kappa shape index (κ2) is 15.4. The zero-order valence-corrected chi connectivity index (χ0v) is 18.9. The lowest BCUT2D eigenvalue weighted by molar-refractivity contribution is -0.152. The molecular formula is C25H48O2. The molecule has 0 aromatic rings. The maximum Gasteiger partial charge on any atom is 0.309 e. The topological polar surface area (TPSA) is 26.3 Å². The fourth-order valence-corrected chi connectivity index (χ4v) is 4.46. The Kier molecular flexibility index (Phi) is 14.0. The number of ether oxygens (including phenoxy) is 1. The van der Waals surface area contributed by atoms with Gasteiger partial charge in [0.2, 0.25) is 0 Å². The highest BCUT2D eigenvalue weighted by atomic mass is 16.5. The average Bonchev–Trinajstić information content (AvgIpc) is 2.63. The van der Waals surface area contributed by atoms with Gasteiger partial charge in [-0.05, 0) is 43.4 Å². The second-order valence-electron chi connectivity index (χ2n) is 9.80. The van der Waals surface area contributed by atoms with Crippen LogP contribution in [0.2, 0.25) is 0 Å². The fraction of sp³-hybridized carbons (Fsp3) is 0.960. The molecule has 2 nitrogen and oxygen atoms in total. The predicted octanol–water partition coefficient (Wildman–Crippen LogP) is 7.94. The molecule has 2 heteroatoms. The molecule has 160 valence electrons. The summed E-state index contributed by atoms with van der Waals surface area (Å²) in [5.74, 6) is 2.53. The van der Waals surface area contributed by atoms with Crippen molar-refractivity contribution in [2.24, 2.45) is 23.7 Å². The molecule has 1 aliphatic carbocycles. The molecule has 1 fully saturated rings. The Morgan fingerprint density at radius 1 is 0.778 bits per heavy atom. The Hall–Kier alpha value is -0.530. The normalized spacial score (nSPS) is 20.4. The van der Waals surface area contributed by atoms with Gasteiger partial charge in [-0.3, -0.25) is 4.79 Å². The van der Waals surface area contributed by atoms with Crippen LogP contribution in [0.4, 0.5) is 0 Å². The third kappa shape index (κ3) is 12.5. The van der Waals surface area contributed by atoms with Crippen LogP contribution >= 0.6 is 0 Å². The predicted molar refractivity (Wildman–Crippen MR) is 117 cm³/mol. The molecule has 0 radical (unpaired) electrons. The van der Waals surface area contributed by atoms with Crippen LogP contribution in [0.5, 0.6) is 0 Å². The van der Waals surface area contributed by atoms with Crippen LogP contribution in [0.3, 0.4) is 0 Å². The third-order valence-electron chi connectivity index (χ3n) is 6.24. The van der Waals surface area contributed by atoms with Crippen molar-refractivity contribution in [2.75, 3.05) is 6.61 Å². The highest BCUT2D eigenvalue weighted by Crippen LogP contribution is 2.34. The molecule has 0 spiro atoms. The van der Waals surface area contributed by atoms with E-state index in [1.807, 2.05) is 0 Å². The molecule has 2 unspecified atom stereocenters. The Labute approximate surface area is 170 Å². The summed E-state index contributed by atoms with van der Waals surface area (Å²) < 4.78 is 5.67. The molecule has 27 heavy (non-hydrogen) atoms. The molecule has 0 bridgehead atoms. The number of unbranched alkanes of at least 4 members (excludes halogenated alkanes) is 6. The van der Waals surface area contributed by atoms with Crippen molar-refractivity contribution in [3.8, 4) is 0 Å². The van der Waals surface area contributed by atoms with Gasteiger partial charge >= 0.3 is 5.97 Å². The van der Waals surface area contributed by atoms with E-state index in [4.69, 9.17) is 4.74 Å². The molecule has 0 heterocycles. The molecule has 1 aliphatic rings. The summed E-state index contributed by atoms with van der Waals surface area (Å²) in [5, 5.41) is 0. The van der Waals surface area contributed by atoms with E-state index in [1.165, 1.54) is 83.5 Å². The first-order valence-corrected chi connectivity index (χ1v) is 12.2. The van der Waals surface area contributed by atoms with Crippen LogP contribution < -0.4 is 0 Å². The van der Waals surface area contributed by atoms with Gasteiger partial charge < -0.3 is 4.74 Å². The lowest BCUT2D eigenvalue weighted by Crippen LogP contribution is -2.29. The highest BCUT2D eigenvalue weighted by molar-refractivity contribution is 5.72. The summed E-state index contributed by atoms with van der Waals surface area (Å²) in [4.78, 5) is 12.6. The van der Waals surface area contributed by atoms with Crippen molar-refractivity contribution >= 4 is 5.97 Å². The second-order valence-corrected chi connectivity index (χ2v) is 9.80. The summed E-state index contributed by atoms with van der Waals surface area (Å²) >= 11 is 0. The van der Waals surface area contributed by atoms with E-state index in [1.54, 1.807) is 0 Å². The zero-order valence-electron chi connectivity index (χ0n) is 18.9. The first-order chi connectivity index (χ1) is 13.0. The van der Waals surface area contributed by atoms with Crippen LogP contribution in [0.15, 0.2) is 0 Å². The number of carbonyl (C=O) groups is 1. The van der Waals surface area contributed by atoms with Crippen LogP contribution in [-0.4, -0.2) is 12.6 Å². The van der Waals surface area contributed by atoms with Gasteiger partial charge in [-0.1, -0.05) is 98.3 Å². The smallest absolute Gasteiger partial charge is 0.309 e. The van der Waals surface area contributed by atoms with Gasteiger partial charge in [0.15, 0.2) is 0 Å². The quantitative estimate of drug-likeness (QED) is 0.213. The minimum absolute atomic E-state index is 0.113. The van der Waals surface area contributed by atoms with Crippen molar-refractivity contribution in [3.63, 3.8) is 0 Å². The Morgan fingerprint density at radius 3 is 1.96 bits per heavy atom. The maximum atomic E-state index is 12.6. The molecule has 1 saturated carbocycles. The first kappa shape index (κ1) is 24.5. The lowest BCUT2D eigenvalue weighted by Gasteiger charge is -2.30. The van der Waals surface area contributed by atoms with Gasteiger partial charge in [0, 0.05) is 0 Å². The molecule has 1 rings (SSSR count). The van der Waals surface area contributed by atoms with E-state index >= 15 is 0 Å². The van der Waals surface area contributed by atoms with Gasteiger partial charge in [-0.15, -0.1) is 0 Å². The van der Waals surface area contributed by atoms with Crippen molar-refractivity contribution in [1.29, 1.82) is 0 Å². The molecule has 0 aromatic heterocycles. The van der Waals surface area contributed by atoms with Crippen molar-refractivity contribution in [2.45, 2.75) is 124 Å². The van der Waals surface area contributed by atoms with Crippen molar-refractivity contribution < 1.29 is 9.53 Å². The van der Waals surface area contributed by atoms with Gasteiger partial charge in [-0.2, -0.15) is 0 Å². The zero-order chi connectivity index (χ0) is 19.9.